The van der Waals surface area contributed by atoms with Gasteiger partial charge in [0.25, 0.3) is 5.91 Å². The Balaban J connectivity index is 0.00000196. The molecular weight excluding hydrogens is 350 g/mol. The van der Waals surface area contributed by atoms with E-state index in [0.717, 1.165) is 66.9 Å². The molecule has 1 aromatic carbocycles. The highest BCUT2D eigenvalue weighted by atomic mass is 35.5. The monoisotopic (exact) mass is 375 g/mol. The van der Waals surface area contributed by atoms with Crippen LogP contribution in [0.4, 0.5) is 0 Å². The van der Waals surface area contributed by atoms with Gasteiger partial charge in [-0.05, 0) is 56.3 Å². The molecule has 0 unspecified atom stereocenters. The highest BCUT2D eigenvalue weighted by Gasteiger charge is 2.38. The van der Waals surface area contributed by atoms with Gasteiger partial charge >= 0.3 is 0 Å². The van der Waals surface area contributed by atoms with E-state index < -0.39 is 0 Å². The number of benzene rings is 1. The molecule has 4 rings (SSSR count). The molecule has 0 aliphatic carbocycles. The first kappa shape index (κ1) is 18.9. The molecule has 1 spiro atoms. The van der Waals surface area contributed by atoms with E-state index in [1.807, 2.05) is 36.1 Å². The Morgan fingerprint density at radius 3 is 2.65 bits per heavy atom. The molecule has 0 atom stereocenters. The van der Waals surface area contributed by atoms with Crippen molar-refractivity contribution in [1.82, 2.24) is 15.2 Å². The topological polar surface area (TPSA) is 54.5 Å². The summed E-state index contributed by atoms with van der Waals surface area (Å²) in [7, 11) is 1.65. The summed E-state index contributed by atoms with van der Waals surface area (Å²) >= 11 is 0. The van der Waals surface area contributed by atoms with Crippen LogP contribution < -0.4 is 10.1 Å². The first-order chi connectivity index (χ1) is 12.1. The Morgan fingerprint density at radius 2 is 2.00 bits per heavy atom. The molecule has 6 heteroatoms. The number of aryl methyl sites for hydroxylation is 1. The lowest BCUT2D eigenvalue weighted by Gasteiger charge is -2.39. The number of nitrogens with zero attached hydrogens (tertiary/aromatic N) is 2. The maximum atomic E-state index is 13.0. The summed E-state index contributed by atoms with van der Waals surface area (Å²) in [6.07, 6.45) is 3.44. The number of likely N-dealkylation sites (tertiary alicyclic amines) is 1. The minimum Gasteiger partial charge on any atom is -0.497 e. The molecule has 0 saturated carbocycles. The van der Waals surface area contributed by atoms with Gasteiger partial charge in [0.2, 0.25) is 0 Å². The molecule has 2 aliphatic rings. The van der Waals surface area contributed by atoms with E-state index in [1.54, 1.807) is 7.11 Å². The molecule has 1 N–H and O–H groups in total. The number of rotatable bonds is 2. The summed E-state index contributed by atoms with van der Waals surface area (Å²) in [5, 5.41) is 4.45. The Labute approximate surface area is 160 Å². The normalized spacial score (nSPS) is 18.8. The van der Waals surface area contributed by atoms with Crippen LogP contribution in [0.25, 0.3) is 10.9 Å². The van der Waals surface area contributed by atoms with Gasteiger partial charge in [-0.1, -0.05) is 0 Å². The number of piperidine rings is 1. The predicted octanol–water partition coefficient (Wildman–Crippen LogP) is 3.19. The van der Waals surface area contributed by atoms with Gasteiger partial charge in [-0.3, -0.25) is 9.78 Å². The maximum absolute atomic E-state index is 13.0. The van der Waals surface area contributed by atoms with Crippen molar-refractivity contribution in [3.63, 3.8) is 0 Å². The summed E-state index contributed by atoms with van der Waals surface area (Å²) in [6.45, 7) is 5.83. The van der Waals surface area contributed by atoms with Crippen LogP contribution in [0.2, 0.25) is 0 Å². The molecule has 2 fully saturated rings. The van der Waals surface area contributed by atoms with Crippen molar-refractivity contribution < 1.29 is 9.53 Å². The van der Waals surface area contributed by atoms with E-state index in [-0.39, 0.29) is 18.3 Å². The van der Waals surface area contributed by atoms with E-state index in [2.05, 4.69) is 10.3 Å². The van der Waals surface area contributed by atoms with Gasteiger partial charge in [0.1, 0.15) is 5.75 Å². The zero-order chi connectivity index (χ0) is 17.4. The van der Waals surface area contributed by atoms with Gasteiger partial charge < -0.3 is 15.0 Å². The van der Waals surface area contributed by atoms with Gasteiger partial charge in [0.05, 0.1) is 23.9 Å². The zero-order valence-electron chi connectivity index (χ0n) is 15.4. The van der Waals surface area contributed by atoms with Gasteiger partial charge in [-0.15, -0.1) is 12.4 Å². The molecule has 0 bridgehead atoms. The predicted molar refractivity (Wildman–Crippen MR) is 105 cm³/mol. The van der Waals surface area contributed by atoms with Crippen molar-refractivity contribution in [3.05, 3.63) is 35.5 Å². The number of nitrogens with one attached hydrogen (secondary N) is 1. The summed E-state index contributed by atoms with van der Waals surface area (Å²) < 4.78 is 5.26. The quantitative estimate of drug-likeness (QED) is 0.875. The molecule has 0 radical (unpaired) electrons. The molecule has 140 valence electrons. The summed E-state index contributed by atoms with van der Waals surface area (Å²) in [6, 6.07) is 7.76. The number of ether oxygens (including phenoxy) is 1. The van der Waals surface area contributed by atoms with Crippen LogP contribution in [-0.2, 0) is 0 Å². The number of carbonyl (C=O) groups excluding carboxylic acids is 1. The van der Waals surface area contributed by atoms with Crippen LogP contribution in [0.5, 0.6) is 5.75 Å². The van der Waals surface area contributed by atoms with E-state index >= 15 is 0 Å². The van der Waals surface area contributed by atoms with E-state index in [0.29, 0.717) is 5.41 Å². The lowest BCUT2D eigenvalue weighted by Crippen LogP contribution is -2.44. The fraction of sp³-hybridized carbons (Fsp3) is 0.500. The van der Waals surface area contributed by atoms with Crippen molar-refractivity contribution in [2.24, 2.45) is 5.41 Å². The van der Waals surface area contributed by atoms with Crippen molar-refractivity contribution in [2.75, 3.05) is 33.3 Å². The number of fused-ring (bicyclic) bond motifs is 1. The number of pyridine rings is 1. The molecule has 2 aromatic rings. The number of aromatic nitrogens is 1. The number of hydrogen-bond donors (Lipinski definition) is 1. The number of carbonyl (C=O) groups is 1. The molecule has 2 aliphatic heterocycles. The second kappa shape index (κ2) is 7.41. The summed E-state index contributed by atoms with van der Waals surface area (Å²) in [5.41, 5.74) is 2.79. The Morgan fingerprint density at radius 1 is 1.23 bits per heavy atom. The lowest BCUT2D eigenvalue weighted by atomic mass is 9.78. The maximum Gasteiger partial charge on any atom is 0.255 e. The second-order valence-electron chi connectivity index (χ2n) is 7.40. The Kier molecular flexibility index (Phi) is 5.39. The van der Waals surface area contributed by atoms with Crippen LogP contribution in [0, 0.1) is 12.3 Å². The van der Waals surface area contributed by atoms with Crippen molar-refractivity contribution in [1.29, 1.82) is 0 Å². The van der Waals surface area contributed by atoms with Crippen LogP contribution in [0.3, 0.4) is 0 Å². The molecule has 5 nitrogen and oxygen atoms in total. The second-order valence-corrected chi connectivity index (χ2v) is 7.40. The van der Waals surface area contributed by atoms with E-state index in [9.17, 15) is 4.79 Å². The number of amides is 1. The summed E-state index contributed by atoms with van der Waals surface area (Å²) in [5.74, 6) is 0.897. The van der Waals surface area contributed by atoms with E-state index in [1.165, 1.54) is 6.42 Å². The van der Waals surface area contributed by atoms with Gasteiger partial charge in [-0.25, -0.2) is 0 Å². The molecule has 2 saturated heterocycles. The number of hydrogen-bond acceptors (Lipinski definition) is 4. The molecular formula is C20H26ClN3O2. The Hall–Kier alpha value is -1.85. The third-order valence-corrected chi connectivity index (χ3v) is 5.89. The van der Waals surface area contributed by atoms with Gasteiger partial charge in [-0.2, -0.15) is 0 Å². The van der Waals surface area contributed by atoms with Crippen LogP contribution in [0.1, 0.15) is 35.3 Å². The standard InChI is InChI=1S/C20H25N3O2.ClH/c1-14-17(11-15-3-4-16(25-2)12-18(15)22-14)19(24)23-9-6-20(7-10-23)5-8-21-13-20;/h3-4,11-12,21H,5-10,13H2,1-2H3;1H. The molecule has 1 aromatic heterocycles. The first-order valence-corrected chi connectivity index (χ1v) is 9.06. The SMILES string of the molecule is COc1ccc2cc(C(=O)N3CCC4(CCNC4)CC3)c(C)nc2c1.Cl. The van der Waals surface area contributed by atoms with Crippen LogP contribution in [0.15, 0.2) is 24.3 Å². The van der Waals surface area contributed by atoms with Gasteiger partial charge in [0.15, 0.2) is 0 Å². The number of halogens is 1. The summed E-state index contributed by atoms with van der Waals surface area (Å²) in [4.78, 5) is 19.7. The third-order valence-electron chi connectivity index (χ3n) is 5.89. The Bertz CT molecular complexity index is 808. The van der Waals surface area contributed by atoms with Crippen LogP contribution in [-0.4, -0.2) is 49.1 Å². The smallest absolute Gasteiger partial charge is 0.255 e. The first-order valence-electron chi connectivity index (χ1n) is 9.06. The van der Waals surface area contributed by atoms with E-state index in [4.69, 9.17) is 4.74 Å². The fourth-order valence-corrected chi connectivity index (χ4v) is 4.16. The average molecular weight is 376 g/mol. The molecule has 1 amide bonds. The van der Waals surface area contributed by atoms with Crippen molar-refractivity contribution in [2.45, 2.75) is 26.2 Å². The van der Waals surface area contributed by atoms with Crippen molar-refractivity contribution in [3.8, 4) is 5.75 Å². The fourth-order valence-electron chi connectivity index (χ4n) is 4.16. The third kappa shape index (κ3) is 3.38. The average Bonchev–Trinajstić information content (AvgIpc) is 3.08. The molecule has 26 heavy (non-hydrogen) atoms. The highest BCUT2D eigenvalue weighted by molar-refractivity contribution is 5.98. The van der Waals surface area contributed by atoms with Gasteiger partial charge in [0, 0.05) is 31.1 Å². The van der Waals surface area contributed by atoms with Crippen molar-refractivity contribution >= 4 is 29.2 Å². The number of methoxy groups -OCH3 is 1. The highest BCUT2D eigenvalue weighted by Crippen LogP contribution is 2.37. The minimum absolute atomic E-state index is 0. The lowest BCUT2D eigenvalue weighted by molar-refractivity contribution is 0.0606. The largest absolute Gasteiger partial charge is 0.497 e. The minimum atomic E-state index is 0. The zero-order valence-corrected chi connectivity index (χ0v) is 16.2. The van der Waals surface area contributed by atoms with Crippen LogP contribution >= 0.6 is 12.4 Å². The molecule has 3 heterocycles.